The van der Waals surface area contributed by atoms with Crippen LogP contribution in [0.4, 0.5) is 0 Å². The van der Waals surface area contributed by atoms with Crippen molar-refractivity contribution in [3.63, 3.8) is 0 Å². The van der Waals surface area contributed by atoms with Gasteiger partial charge in [-0.15, -0.1) is 0 Å². The minimum atomic E-state index is 0.343. The Bertz CT molecular complexity index is 221. The van der Waals surface area contributed by atoms with E-state index >= 15 is 0 Å². The van der Waals surface area contributed by atoms with Gasteiger partial charge in [-0.3, -0.25) is 0 Å². The summed E-state index contributed by atoms with van der Waals surface area (Å²) in [7, 11) is 0. The summed E-state index contributed by atoms with van der Waals surface area (Å²) in [5, 5.41) is 0. The van der Waals surface area contributed by atoms with Crippen molar-refractivity contribution in [3.8, 4) is 0 Å². The molecular weight excluding hydrogens is 144 g/mol. The lowest BCUT2D eigenvalue weighted by atomic mass is 9.81. The van der Waals surface area contributed by atoms with Crippen LogP contribution in [0.1, 0.15) is 39.2 Å². The summed E-state index contributed by atoms with van der Waals surface area (Å²) in [5.41, 5.74) is 1.79. The van der Waals surface area contributed by atoms with E-state index in [1.165, 1.54) is 18.4 Å². The molecule has 0 aromatic heterocycles. The molecule has 1 aromatic rings. The van der Waals surface area contributed by atoms with Crippen molar-refractivity contribution in [2.24, 2.45) is 0 Å². The van der Waals surface area contributed by atoms with Gasteiger partial charge in [0.1, 0.15) is 0 Å². The van der Waals surface area contributed by atoms with Gasteiger partial charge in [-0.05, 0) is 17.4 Å². The fraction of sp³-hybridized carbons (Fsp3) is 0.500. The molecule has 0 unspecified atom stereocenters. The van der Waals surface area contributed by atoms with E-state index in [9.17, 15) is 0 Å². The van der Waals surface area contributed by atoms with Crippen LogP contribution in [0.15, 0.2) is 30.3 Å². The Hall–Kier alpha value is -0.780. The molecule has 0 amide bonds. The molecule has 0 aliphatic carbocycles. The summed E-state index contributed by atoms with van der Waals surface area (Å²) in [6, 6.07) is 10.7. The van der Waals surface area contributed by atoms with Crippen LogP contribution in [-0.4, -0.2) is 0 Å². The van der Waals surface area contributed by atoms with Crippen molar-refractivity contribution in [2.45, 2.75) is 39.0 Å². The van der Waals surface area contributed by atoms with Crippen molar-refractivity contribution < 1.29 is 0 Å². The molecule has 0 nitrogen and oxygen atoms in total. The third kappa shape index (κ3) is 2.10. The highest BCUT2D eigenvalue weighted by molar-refractivity contribution is 5.23. The molecule has 0 atom stereocenters. The van der Waals surface area contributed by atoms with E-state index in [4.69, 9.17) is 0 Å². The molecule has 1 rings (SSSR count). The Balaban J connectivity index is 2.82. The van der Waals surface area contributed by atoms with Gasteiger partial charge in [0, 0.05) is 0 Å². The molecule has 0 spiro atoms. The van der Waals surface area contributed by atoms with E-state index in [1.807, 2.05) is 0 Å². The lowest BCUT2D eigenvalue weighted by Gasteiger charge is -2.24. The maximum absolute atomic E-state index is 2.31. The maximum Gasteiger partial charge on any atom is -0.0104 e. The van der Waals surface area contributed by atoms with Crippen molar-refractivity contribution >= 4 is 0 Å². The summed E-state index contributed by atoms with van der Waals surface area (Å²) in [6.45, 7) is 6.86. The number of hydrogen-bond donors (Lipinski definition) is 0. The lowest BCUT2D eigenvalue weighted by Crippen LogP contribution is -2.16. The van der Waals surface area contributed by atoms with E-state index in [1.54, 1.807) is 0 Å². The highest BCUT2D eigenvalue weighted by atomic mass is 14.2. The number of benzene rings is 1. The molecule has 0 aliphatic heterocycles. The molecule has 0 aliphatic rings. The van der Waals surface area contributed by atoms with Gasteiger partial charge < -0.3 is 0 Å². The van der Waals surface area contributed by atoms with Crippen molar-refractivity contribution in [1.82, 2.24) is 0 Å². The molecule has 1 aromatic carbocycles. The predicted molar refractivity (Wildman–Crippen MR) is 54.4 cm³/mol. The SMILES string of the molecule is CCCC(C)(C)c1ccccc1. The summed E-state index contributed by atoms with van der Waals surface area (Å²) in [4.78, 5) is 0. The van der Waals surface area contributed by atoms with E-state index in [0.717, 1.165) is 0 Å². The summed E-state index contributed by atoms with van der Waals surface area (Å²) in [5.74, 6) is 0. The van der Waals surface area contributed by atoms with Gasteiger partial charge in [0.2, 0.25) is 0 Å². The van der Waals surface area contributed by atoms with Crippen LogP contribution < -0.4 is 0 Å². The van der Waals surface area contributed by atoms with Crippen LogP contribution in [0.3, 0.4) is 0 Å². The minimum Gasteiger partial charge on any atom is -0.0654 e. The second-order valence-electron chi connectivity index (χ2n) is 4.00. The monoisotopic (exact) mass is 162 g/mol. The Morgan fingerprint density at radius 3 is 2.17 bits per heavy atom. The summed E-state index contributed by atoms with van der Waals surface area (Å²) in [6.07, 6.45) is 2.51. The van der Waals surface area contributed by atoms with E-state index in [-0.39, 0.29) is 0 Å². The molecule has 0 bridgehead atoms. The molecule has 66 valence electrons. The zero-order valence-corrected chi connectivity index (χ0v) is 8.30. The first-order valence-electron chi connectivity index (χ1n) is 4.72. The molecule has 0 saturated carbocycles. The quantitative estimate of drug-likeness (QED) is 0.634. The second-order valence-corrected chi connectivity index (χ2v) is 4.00. The first kappa shape index (κ1) is 9.31. The summed E-state index contributed by atoms with van der Waals surface area (Å²) >= 11 is 0. The Kier molecular flexibility index (Phi) is 2.91. The first-order chi connectivity index (χ1) is 5.67. The van der Waals surface area contributed by atoms with Crippen LogP contribution in [-0.2, 0) is 5.41 Å². The topological polar surface area (TPSA) is 0 Å². The average molecular weight is 162 g/mol. The highest BCUT2D eigenvalue weighted by Gasteiger charge is 2.17. The van der Waals surface area contributed by atoms with Gasteiger partial charge in [-0.25, -0.2) is 0 Å². The smallest absolute Gasteiger partial charge is 0.0104 e. The van der Waals surface area contributed by atoms with Gasteiger partial charge in [-0.2, -0.15) is 0 Å². The van der Waals surface area contributed by atoms with Crippen LogP contribution in [0.2, 0.25) is 0 Å². The molecule has 0 fully saturated rings. The fourth-order valence-electron chi connectivity index (χ4n) is 1.66. The number of hydrogen-bond acceptors (Lipinski definition) is 0. The van der Waals surface area contributed by atoms with E-state index in [2.05, 4.69) is 51.1 Å². The van der Waals surface area contributed by atoms with Crippen LogP contribution >= 0.6 is 0 Å². The molecular formula is C12H18. The van der Waals surface area contributed by atoms with Gasteiger partial charge in [-0.1, -0.05) is 57.5 Å². The Labute approximate surface area is 75.6 Å². The molecule has 0 heteroatoms. The predicted octanol–water partition coefficient (Wildman–Crippen LogP) is 3.76. The molecule has 0 heterocycles. The van der Waals surface area contributed by atoms with Gasteiger partial charge in [0.15, 0.2) is 0 Å². The van der Waals surface area contributed by atoms with Gasteiger partial charge in [0.25, 0.3) is 0 Å². The Morgan fingerprint density at radius 2 is 1.67 bits per heavy atom. The largest absolute Gasteiger partial charge is 0.0654 e. The Morgan fingerprint density at radius 1 is 1.08 bits per heavy atom. The highest BCUT2D eigenvalue weighted by Crippen LogP contribution is 2.27. The third-order valence-electron chi connectivity index (χ3n) is 2.43. The number of rotatable bonds is 3. The van der Waals surface area contributed by atoms with Gasteiger partial charge >= 0.3 is 0 Å². The average Bonchev–Trinajstić information content (AvgIpc) is 2.06. The fourth-order valence-corrected chi connectivity index (χ4v) is 1.66. The maximum atomic E-state index is 2.31. The summed E-state index contributed by atoms with van der Waals surface area (Å²) < 4.78 is 0. The third-order valence-corrected chi connectivity index (χ3v) is 2.43. The van der Waals surface area contributed by atoms with Crippen LogP contribution in [0.25, 0.3) is 0 Å². The normalized spacial score (nSPS) is 11.6. The van der Waals surface area contributed by atoms with Crippen LogP contribution in [0, 0.1) is 0 Å². The van der Waals surface area contributed by atoms with Crippen molar-refractivity contribution in [2.75, 3.05) is 0 Å². The van der Waals surface area contributed by atoms with E-state index < -0.39 is 0 Å². The molecule has 0 saturated heterocycles. The minimum absolute atomic E-state index is 0.343. The first-order valence-corrected chi connectivity index (χ1v) is 4.72. The second kappa shape index (κ2) is 3.75. The molecule has 0 radical (unpaired) electrons. The van der Waals surface area contributed by atoms with E-state index in [0.29, 0.717) is 5.41 Å². The lowest BCUT2D eigenvalue weighted by molar-refractivity contribution is 0.473. The molecule has 0 N–H and O–H groups in total. The van der Waals surface area contributed by atoms with Crippen molar-refractivity contribution in [1.29, 1.82) is 0 Å². The zero-order chi connectivity index (χ0) is 9.03. The van der Waals surface area contributed by atoms with Gasteiger partial charge in [0.05, 0.1) is 0 Å². The van der Waals surface area contributed by atoms with Crippen LogP contribution in [0.5, 0.6) is 0 Å². The zero-order valence-electron chi connectivity index (χ0n) is 8.30. The molecule has 12 heavy (non-hydrogen) atoms. The van der Waals surface area contributed by atoms with Crippen molar-refractivity contribution in [3.05, 3.63) is 35.9 Å². The standard InChI is InChI=1S/C12H18/c1-4-10-12(2,3)11-8-6-5-7-9-11/h5-9H,4,10H2,1-3H3.